The van der Waals surface area contributed by atoms with Gasteiger partial charge in [0.1, 0.15) is 11.5 Å². The highest BCUT2D eigenvalue weighted by Gasteiger charge is 2.22. The average Bonchev–Trinajstić information content (AvgIpc) is 2.17. The standard InChI is InChI=1S/C10H10N2O2/c11-5-6-3-8(13)10-7(12)1-2-14-9(10)4-6/h3-4,7,13H,1-2,12H2/t7-/m0/s1. The third-order valence-electron chi connectivity index (χ3n) is 2.31. The molecule has 0 fully saturated rings. The lowest BCUT2D eigenvalue weighted by molar-refractivity contribution is 0.264. The Kier molecular flexibility index (Phi) is 2.02. The molecule has 1 aromatic rings. The lowest BCUT2D eigenvalue weighted by Crippen LogP contribution is -2.20. The highest BCUT2D eigenvalue weighted by atomic mass is 16.5. The van der Waals surface area contributed by atoms with Crippen LogP contribution in [0.5, 0.6) is 11.5 Å². The van der Waals surface area contributed by atoms with Crippen LogP contribution >= 0.6 is 0 Å². The van der Waals surface area contributed by atoms with Crippen LogP contribution < -0.4 is 10.5 Å². The molecule has 0 radical (unpaired) electrons. The van der Waals surface area contributed by atoms with Gasteiger partial charge >= 0.3 is 0 Å². The SMILES string of the molecule is N#Cc1cc(O)c2c(c1)OCC[C@@H]2N. The van der Waals surface area contributed by atoms with Crippen LogP contribution in [-0.4, -0.2) is 11.7 Å². The van der Waals surface area contributed by atoms with Crippen molar-refractivity contribution in [1.82, 2.24) is 0 Å². The van der Waals surface area contributed by atoms with Gasteiger partial charge in [-0.05, 0) is 12.1 Å². The zero-order chi connectivity index (χ0) is 10.1. The molecule has 0 bridgehead atoms. The van der Waals surface area contributed by atoms with Crippen molar-refractivity contribution in [3.05, 3.63) is 23.3 Å². The summed E-state index contributed by atoms with van der Waals surface area (Å²) in [6, 6.07) is 4.76. The molecule has 1 heterocycles. The molecule has 0 saturated heterocycles. The van der Waals surface area contributed by atoms with Crippen molar-refractivity contribution in [3.8, 4) is 17.6 Å². The minimum absolute atomic E-state index is 0.0475. The fraction of sp³-hybridized carbons (Fsp3) is 0.300. The number of hydrogen-bond acceptors (Lipinski definition) is 4. The molecular weight excluding hydrogens is 180 g/mol. The highest BCUT2D eigenvalue weighted by molar-refractivity contribution is 5.52. The van der Waals surface area contributed by atoms with E-state index in [-0.39, 0.29) is 11.8 Å². The Balaban J connectivity index is 2.58. The summed E-state index contributed by atoms with van der Waals surface area (Å²) in [4.78, 5) is 0. The van der Waals surface area contributed by atoms with Gasteiger partial charge in [0.2, 0.25) is 0 Å². The molecule has 1 aliphatic rings. The van der Waals surface area contributed by atoms with E-state index in [2.05, 4.69) is 0 Å². The summed E-state index contributed by atoms with van der Waals surface area (Å²) >= 11 is 0. The molecule has 1 atom stereocenters. The van der Waals surface area contributed by atoms with Gasteiger partial charge in [-0.15, -0.1) is 0 Å². The molecule has 72 valence electrons. The Morgan fingerprint density at radius 1 is 1.57 bits per heavy atom. The Morgan fingerprint density at radius 2 is 2.36 bits per heavy atom. The van der Waals surface area contributed by atoms with Crippen LogP contribution in [0.4, 0.5) is 0 Å². The van der Waals surface area contributed by atoms with Gasteiger partial charge in [0.25, 0.3) is 0 Å². The molecule has 0 amide bonds. The van der Waals surface area contributed by atoms with Crippen LogP contribution in [0.25, 0.3) is 0 Å². The molecular formula is C10H10N2O2. The molecule has 4 nitrogen and oxygen atoms in total. The topological polar surface area (TPSA) is 79.3 Å². The molecule has 14 heavy (non-hydrogen) atoms. The lowest BCUT2D eigenvalue weighted by atomic mass is 9.99. The van der Waals surface area contributed by atoms with Crippen molar-refractivity contribution in [2.45, 2.75) is 12.5 Å². The number of phenolic OH excluding ortho intramolecular Hbond substituents is 1. The largest absolute Gasteiger partial charge is 0.507 e. The van der Waals surface area contributed by atoms with E-state index in [1.807, 2.05) is 6.07 Å². The van der Waals surface area contributed by atoms with Gasteiger partial charge in [0.05, 0.1) is 23.8 Å². The summed E-state index contributed by atoms with van der Waals surface area (Å²) in [5, 5.41) is 18.3. The van der Waals surface area contributed by atoms with Gasteiger partial charge in [-0.1, -0.05) is 0 Å². The van der Waals surface area contributed by atoms with Crippen LogP contribution in [0.1, 0.15) is 23.6 Å². The number of fused-ring (bicyclic) bond motifs is 1. The lowest BCUT2D eigenvalue weighted by Gasteiger charge is -2.23. The second-order valence-corrected chi connectivity index (χ2v) is 3.26. The number of rotatable bonds is 0. The molecule has 1 aliphatic heterocycles. The maximum atomic E-state index is 9.63. The second-order valence-electron chi connectivity index (χ2n) is 3.26. The van der Waals surface area contributed by atoms with Crippen molar-refractivity contribution in [1.29, 1.82) is 5.26 Å². The Labute approximate surface area is 81.5 Å². The minimum Gasteiger partial charge on any atom is -0.507 e. The number of aromatic hydroxyl groups is 1. The second kappa shape index (κ2) is 3.20. The first-order chi connectivity index (χ1) is 6.72. The Hall–Kier alpha value is -1.73. The predicted octanol–water partition coefficient (Wildman–Crippen LogP) is 1.05. The number of nitrogens with zero attached hydrogens (tertiary/aromatic N) is 1. The summed E-state index contributed by atoms with van der Waals surface area (Å²) in [5.41, 5.74) is 6.81. The minimum atomic E-state index is -0.202. The van der Waals surface area contributed by atoms with Crippen molar-refractivity contribution >= 4 is 0 Å². The first-order valence-electron chi connectivity index (χ1n) is 4.37. The van der Waals surface area contributed by atoms with Crippen molar-refractivity contribution in [3.63, 3.8) is 0 Å². The molecule has 0 aliphatic carbocycles. The zero-order valence-corrected chi connectivity index (χ0v) is 7.53. The van der Waals surface area contributed by atoms with Crippen LogP contribution in [0.3, 0.4) is 0 Å². The number of benzene rings is 1. The van der Waals surface area contributed by atoms with Gasteiger partial charge in [-0.3, -0.25) is 0 Å². The summed E-state index contributed by atoms with van der Waals surface area (Å²) in [5.74, 6) is 0.576. The molecule has 0 saturated carbocycles. The fourth-order valence-corrected chi connectivity index (χ4v) is 1.61. The van der Waals surface area contributed by atoms with Crippen molar-refractivity contribution in [2.24, 2.45) is 5.73 Å². The van der Waals surface area contributed by atoms with Crippen LogP contribution in [-0.2, 0) is 0 Å². The number of nitriles is 1. The normalized spacial score (nSPS) is 19.3. The molecule has 0 aromatic heterocycles. The van der Waals surface area contributed by atoms with E-state index in [1.54, 1.807) is 6.07 Å². The van der Waals surface area contributed by atoms with E-state index in [9.17, 15) is 5.11 Å². The molecule has 1 aromatic carbocycles. The van der Waals surface area contributed by atoms with E-state index >= 15 is 0 Å². The first-order valence-corrected chi connectivity index (χ1v) is 4.37. The number of phenols is 1. The van der Waals surface area contributed by atoms with Gasteiger partial charge < -0.3 is 15.6 Å². The van der Waals surface area contributed by atoms with Crippen molar-refractivity contribution in [2.75, 3.05) is 6.61 Å². The van der Waals surface area contributed by atoms with Gasteiger partial charge in [0, 0.05) is 12.5 Å². The van der Waals surface area contributed by atoms with E-state index < -0.39 is 0 Å². The summed E-state index contributed by atoms with van der Waals surface area (Å²) in [7, 11) is 0. The molecule has 0 unspecified atom stereocenters. The predicted molar refractivity (Wildman–Crippen MR) is 49.9 cm³/mol. The molecule has 4 heteroatoms. The summed E-state index contributed by atoms with van der Waals surface area (Å²) < 4.78 is 5.33. The Morgan fingerprint density at radius 3 is 3.07 bits per heavy atom. The van der Waals surface area contributed by atoms with Crippen LogP contribution in [0, 0.1) is 11.3 Å². The van der Waals surface area contributed by atoms with Crippen molar-refractivity contribution < 1.29 is 9.84 Å². The quantitative estimate of drug-likeness (QED) is 0.640. The average molecular weight is 190 g/mol. The van der Waals surface area contributed by atoms with Crippen LogP contribution in [0.2, 0.25) is 0 Å². The molecule has 3 N–H and O–H groups in total. The van der Waals surface area contributed by atoms with Gasteiger partial charge in [-0.25, -0.2) is 0 Å². The maximum Gasteiger partial charge on any atom is 0.129 e. The zero-order valence-electron chi connectivity index (χ0n) is 7.53. The molecule has 2 rings (SSSR count). The van der Waals surface area contributed by atoms with Gasteiger partial charge in [-0.2, -0.15) is 5.26 Å². The third kappa shape index (κ3) is 1.28. The molecule has 0 spiro atoms. The first kappa shape index (κ1) is 8.85. The van der Waals surface area contributed by atoms with Gasteiger partial charge in [0.15, 0.2) is 0 Å². The summed E-state index contributed by atoms with van der Waals surface area (Å²) in [6.45, 7) is 0.530. The highest BCUT2D eigenvalue weighted by Crippen LogP contribution is 2.37. The van der Waals surface area contributed by atoms with Crippen LogP contribution in [0.15, 0.2) is 12.1 Å². The van der Waals surface area contributed by atoms with E-state index in [0.29, 0.717) is 29.9 Å². The van der Waals surface area contributed by atoms with E-state index in [1.165, 1.54) is 6.07 Å². The Bertz CT molecular complexity index is 409. The monoisotopic (exact) mass is 190 g/mol. The third-order valence-corrected chi connectivity index (χ3v) is 2.31. The smallest absolute Gasteiger partial charge is 0.129 e. The number of ether oxygens (including phenoxy) is 1. The fourth-order valence-electron chi connectivity index (χ4n) is 1.61. The summed E-state index contributed by atoms with van der Waals surface area (Å²) in [6.07, 6.45) is 0.687. The van der Waals surface area contributed by atoms with E-state index in [0.717, 1.165) is 0 Å². The van der Waals surface area contributed by atoms with E-state index in [4.69, 9.17) is 15.7 Å². The number of hydrogen-bond donors (Lipinski definition) is 2. The maximum absolute atomic E-state index is 9.63. The number of nitrogens with two attached hydrogens (primary N) is 1.